The van der Waals surface area contributed by atoms with E-state index in [0.717, 1.165) is 12.2 Å². The fourth-order valence-electron chi connectivity index (χ4n) is 1.90. The highest BCUT2D eigenvalue weighted by Gasteiger charge is 2.03. The Hall–Kier alpha value is -1.77. The Morgan fingerprint density at radius 1 is 1.24 bits per heavy atom. The molecule has 0 spiro atoms. The number of anilines is 1. The molecule has 90 valence electrons. The van der Waals surface area contributed by atoms with Crippen molar-refractivity contribution < 1.29 is 0 Å². The van der Waals surface area contributed by atoms with Gasteiger partial charge in [0, 0.05) is 6.20 Å². The summed E-state index contributed by atoms with van der Waals surface area (Å²) in [6.45, 7) is 7.14. The molecule has 0 atom stereocenters. The quantitative estimate of drug-likeness (QED) is 0.879. The van der Waals surface area contributed by atoms with E-state index < -0.39 is 0 Å². The van der Waals surface area contributed by atoms with Crippen LogP contribution in [0.2, 0.25) is 0 Å². The lowest BCUT2D eigenvalue weighted by atomic mass is 10.0. The molecule has 0 unspecified atom stereocenters. The molecule has 17 heavy (non-hydrogen) atoms. The van der Waals surface area contributed by atoms with Crippen LogP contribution in [0.3, 0.4) is 0 Å². The van der Waals surface area contributed by atoms with Crippen molar-refractivity contribution in [2.75, 3.05) is 5.73 Å². The van der Waals surface area contributed by atoms with Gasteiger partial charge in [-0.1, -0.05) is 38.1 Å². The highest BCUT2D eigenvalue weighted by atomic mass is 15.1. The van der Waals surface area contributed by atoms with Gasteiger partial charge in [-0.25, -0.2) is 4.98 Å². The van der Waals surface area contributed by atoms with Gasteiger partial charge in [-0.2, -0.15) is 0 Å². The molecule has 3 nitrogen and oxygen atoms in total. The van der Waals surface area contributed by atoms with E-state index in [2.05, 4.69) is 43.1 Å². The predicted molar refractivity (Wildman–Crippen MR) is 71.0 cm³/mol. The number of aryl methyl sites for hydroxylation is 1. The van der Waals surface area contributed by atoms with Gasteiger partial charge in [0.05, 0.1) is 12.2 Å². The lowest BCUT2D eigenvalue weighted by Crippen LogP contribution is -2.03. The van der Waals surface area contributed by atoms with Gasteiger partial charge in [0.25, 0.3) is 0 Å². The van der Waals surface area contributed by atoms with Crippen LogP contribution in [0, 0.1) is 6.92 Å². The number of hydrogen-bond donors (Lipinski definition) is 1. The van der Waals surface area contributed by atoms with Crippen molar-refractivity contribution in [2.24, 2.45) is 0 Å². The summed E-state index contributed by atoms with van der Waals surface area (Å²) >= 11 is 0. The third kappa shape index (κ3) is 2.67. The van der Waals surface area contributed by atoms with Crippen LogP contribution in [0.1, 0.15) is 36.6 Å². The van der Waals surface area contributed by atoms with Crippen LogP contribution in [-0.2, 0) is 6.54 Å². The minimum absolute atomic E-state index is 0.574. The molecule has 0 aliphatic heterocycles. The summed E-state index contributed by atoms with van der Waals surface area (Å²) < 4.78 is 1.97. The Morgan fingerprint density at radius 3 is 2.35 bits per heavy atom. The zero-order valence-electron chi connectivity index (χ0n) is 10.6. The number of benzene rings is 1. The molecule has 1 aromatic heterocycles. The fraction of sp³-hybridized carbons (Fsp3) is 0.357. The first-order valence-corrected chi connectivity index (χ1v) is 5.94. The molecule has 2 rings (SSSR count). The zero-order chi connectivity index (χ0) is 12.4. The molecule has 0 amide bonds. The smallest absolute Gasteiger partial charge is 0.200 e. The Balaban J connectivity index is 2.16. The third-order valence-electron chi connectivity index (χ3n) is 2.93. The average molecular weight is 229 g/mol. The van der Waals surface area contributed by atoms with Crippen molar-refractivity contribution in [1.82, 2.24) is 9.55 Å². The largest absolute Gasteiger partial charge is 0.369 e. The highest BCUT2D eigenvalue weighted by molar-refractivity contribution is 5.28. The number of nitrogens with two attached hydrogens (primary N) is 1. The topological polar surface area (TPSA) is 43.8 Å². The SMILES string of the molecule is Cc1cn(Cc2ccc(C(C)C)cc2)c(N)n1. The monoisotopic (exact) mass is 229 g/mol. The molecule has 0 aliphatic carbocycles. The number of hydrogen-bond acceptors (Lipinski definition) is 2. The number of imidazole rings is 1. The van der Waals surface area contributed by atoms with Crippen LogP contribution in [0.4, 0.5) is 5.95 Å². The zero-order valence-corrected chi connectivity index (χ0v) is 10.6. The lowest BCUT2D eigenvalue weighted by Gasteiger charge is -2.08. The van der Waals surface area contributed by atoms with Crippen molar-refractivity contribution in [2.45, 2.75) is 33.2 Å². The summed E-state index contributed by atoms with van der Waals surface area (Å²) in [5.41, 5.74) is 9.39. The van der Waals surface area contributed by atoms with Crippen molar-refractivity contribution >= 4 is 5.95 Å². The van der Waals surface area contributed by atoms with Crippen LogP contribution >= 0.6 is 0 Å². The van der Waals surface area contributed by atoms with E-state index in [4.69, 9.17) is 5.73 Å². The van der Waals surface area contributed by atoms with E-state index in [-0.39, 0.29) is 0 Å². The summed E-state index contributed by atoms with van der Waals surface area (Å²) in [7, 11) is 0. The lowest BCUT2D eigenvalue weighted by molar-refractivity contribution is 0.806. The van der Waals surface area contributed by atoms with Crippen LogP contribution in [-0.4, -0.2) is 9.55 Å². The summed E-state index contributed by atoms with van der Waals surface area (Å²) in [4.78, 5) is 4.19. The van der Waals surface area contributed by atoms with E-state index in [1.807, 2.05) is 17.7 Å². The van der Waals surface area contributed by atoms with Gasteiger partial charge in [0.15, 0.2) is 0 Å². The van der Waals surface area contributed by atoms with Crippen LogP contribution < -0.4 is 5.73 Å². The maximum Gasteiger partial charge on any atom is 0.200 e. The second-order valence-electron chi connectivity index (χ2n) is 4.76. The van der Waals surface area contributed by atoms with Crippen LogP contribution in [0.5, 0.6) is 0 Å². The Bertz CT molecular complexity index is 495. The molecule has 0 radical (unpaired) electrons. The molecular weight excluding hydrogens is 210 g/mol. The van der Waals surface area contributed by atoms with Crippen molar-refractivity contribution in [1.29, 1.82) is 0 Å². The van der Waals surface area contributed by atoms with Crippen LogP contribution in [0.15, 0.2) is 30.5 Å². The second kappa shape index (κ2) is 4.62. The van der Waals surface area contributed by atoms with Crippen LogP contribution in [0.25, 0.3) is 0 Å². The average Bonchev–Trinajstić information content (AvgIpc) is 2.58. The normalized spacial score (nSPS) is 11.1. The minimum atomic E-state index is 0.574. The van der Waals surface area contributed by atoms with Crippen molar-refractivity contribution in [3.05, 3.63) is 47.3 Å². The van der Waals surface area contributed by atoms with E-state index in [0.29, 0.717) is 11.9 Å². The number of nitrogen functional groups attached to an aromatic ring is 1. The first kappa shape index (κ1) is 11.7. The maximum atomic E-state index is 5.82. The Kier molecular flexibility index (Phi) is 3.18. The Morgan fingerprint density at radius 2 is 1.88 bits per heavy atom. The van der Waals surface area contributed by atoms with Gasteiger partial charge in [-0.05, 0) is 24.0 Å². The first-order chi connectivity index (χ1) is 8.06. The molecular formula is C14H19N3. The van der Waals surface area contributed by atoms with E-state index in [1.54, 1.807) is 0 Å². The molecule has 1 aromatic carbocycles. The summed E-state index contributed by atoms with van der Waals surface area (Å²) in [5.74, 6) is 1.15. The molecule has 0 bridgehead atoms. The summed E-state index contributed by atoms with van der Waals surface area (Å²) in [6, 6.07) is 8.67. The second-order valence-corrected chi connectivity index (χ2v) is 4.76. The summed E-state index contributed by atoms with van der Waals surface area (Å²) in [5, 5.41) is 0. The van der Waals surface area contributed by atoms with Crippen molar-refractivity contribution in [3.8, 4) is 0 Å². The number of aromatic nitrogens is 2. The predicted octanol–water partition coefficient (Wildman–Crippen LogP) is 2.95. The first-order valence-electron chi connectivity index (χ1n) is 5.94. The van der Waals surface area contributed by atoms with E-state index in [9.17, 15) is 0 Å². The van der Waals surface area contributed by atoms with Gasteiger partial charge >= 0.3 is 0 Å². The van der Waals surface area contributed by atoms with Gasteiger partial charge in [-0.3, -0.25) is 0 Å². The number of nitrogens with zero attached hydrogens (tertiary/aromatic N) is 2. The van der Waals surface area contributed by atoms with Gasteiger partial charge < -0.3 is 10.3 Å². The molecule has 2 N–H and O–H groups in total. The standard InChI is InChI=1S/C14H19N3/c1-10(2)13-6-4-12(5-7-13)9-17-8-11(3)16-14(17)15/h4-8,10H,9H2,1-3H3,(H2,15,16). The van der Waals surface area contributed by atoms with E-state index >= 15 is 0 Å². The molecule has 2 aromatic rings. The Labute approximate surface area is 102 Å². The third-order valence-corrected chi connectivity index (χ3v) is 2.93. The minimum Gasteiger partial charge on any atom is -0.369 e. The van der Waals surface area contributed by atoms with E-state index in [1.165, 1.54) is 11.1 Å². The highest BCUT2D eigenvalue weighted by Crippen LogP contribution is 2.16. The molecule has 0 saturated carbocycles. The van der Waals surface area contributed by atoms with Gasteiger partial charge in [0.2, 0.25) is 5.95 Å². The maximum absolute atomic E-state index is 5.82. The molecule has 0 saturated heterocycles. The molecule has 3 heteroatoms. The van der Waals surface area contributed by atoms with Gasteiger partial charge in [-0.15, -0.1) is 0 Å². The summed E-state index contributed by atoms with van der Waals surface area (Å²) in [6.07, 6.45) is 1.98. The molecule has 0 aliphatic rings. The molecule has 1 heterocycles. The fourth-order valence-corrected chi connectivity index (χ4v) is 1.90. The van der Waals surface area contributed by atoms with Crippen molar-refractivity contribution in [3.63, 3.8) is 0 Å². The number of rotatable bonds is 3. The molecule has 0 fully saturated rings. The van der Waals surface area contributed by atoms with Gasteiger partial charge in [0.1, 0.15) is 0 Å².